The van der Waals surface area contributed by atoms with Crippen LogP contribution < -0.4 is 5.32 Å². The molecular weight excluding hydrogens is 266 g/mol. The van der Waals surface area contributed by atoms with Crippen LogP contribution in [0.3, 0.4) is 0 Å². The number of benzene rings is 2. The third-order valence-corrected chi connectivity index (χ3v) is 3.24. The summed E-state index contributed by atoms with van der Waals surface area (Å²) in [6.07, 6.45) is 1.75. The zero-order valence-corrected chi connectivity index (χ0v) is 11.2. The van der Waals surface area contributed by atoms with Gasteiger partial charge < -0.3 is 5.32 Å². The lowest BCUT2D eigenvalue weighted by molar-refractivity contribution is -0.384. The van der Waals surface area contributed by atoms with Gasteiger partial charge in [-0.25, -0.2) is 0 Å². The molecule has 0 radical (unpaired) electrons. The summed E-state index contributed by atoms with van der Waals surface area (Å²) in [7, 11) is 0. The molecule has 5 heteroatoms. The SMILES string of the molecule is O=[N+]([O-])c1cccc(CNc2cccc3cccnc23)c1. The molecule has 104 valence electrons. The molecule has 2 aromatic carbocycles. The molecule has 1 N–H and O–H groups in total. The van der Waals surface area contributed by atoms with Gasteiger partial charge in [0.2, 0.25) is 0 Å². The Morgan fingerprint density at radius 3 is 2.76 bits per heavy atom. The van der Waals surface area contributed by atoms with Gasteiger partial charge in [-0.15, -0.1) is 0 Å². The summed E-state index contributed by atoms with van der Waals surface area (Å²) in [4.78, 5) is 14.8. The van der Waals surface area contributed by atoms with Crippen LogP contribution >= 0.6 is 0 Å². The molecule has 0 aliphatic carbocycles. The van der Waals surface area contributed by atoms with Crippen LogP contribution in [0.2, 0.25) is 0 Å². The molecule has 0 atom stereocenters. The Hall–Kier alpha value is -2.95. The van der Waals surface area contributed by atoms with Crippen molar-refractivity contribution in [3.8, 4) is 0 Å². The lowest BCUT2D eigenvalue weighted by Crippen LogP contribution is -2.01. The Labute approximate surface area is 121 Å². The highest BCUT2D eigenvalue weighted by atomic mass is 16.6. The van der Waals surface area contributed by atoms with E-state index in [9.17, 15) is 10.1 Å². The second kappa shape index (κ2) is 5.58. The van der Waals surface area contributed by atoms with Crippen LogP contribution in [0.5, 0.6) is 0 Å². The number of hydrogen-bond acceptors (Lipinski definition) is 4. The smallest absolute Gasteiger partial charge is 0.269 e. The number of non-ortho nitro benzene ring substituents is 1. The molecule has 21 heavy (non-hydrogen) atoms. The number of nitrogens with zero attached hydrogens (tertiary/aromatic N) is 2. The average molecular weight is 279 g/mol. The van der Waals surface area contributed by atoms with E-state index in [2.05, 4.69) is 10.3 Å². The molecule has 1 heterocycles. The fourth-order valence-corrected chi connectivity index (χ4v) is 2.22. The highest BCUT2D eigenvalue weighted by molar-refractivity contribution is 5.90. The lowest BCUT2D eigenvalue weighted by Gasteiger charge is -2.09. The van der Waals surface area contributed by atoms with Crippen molar-refractivity contribution in [2.24, 2.45) is 0 Å². The number of fused-ring (bicyclic) bond motifs is 1. The van der Waals surface area contributed by atoms with Crippen molar-refractivity contribution in [3.05, 3.63) is 76.5 Å². The van der Waals surface area contributed by atoms with E-state index in [0.717, 1.165) is 22.2 Å². The molecule has 0 amide bonds. The van der Waals surface area contributed by atoms with Crippen LogP contribution in [-0.2, 0) is 6.54 Å². The molecule has 0 fully saturated rings. The minimum absolute atomic E-state index is 0.102. The van der Waals surface area contributed by atoms with Crippen LogP contribution in [0.4, 0.5) is 11.4 Å². The summed E-state index contributed by atoms with van der Waals surface area (Å²) < 4.78 is 0. The van der Waals surface area contributed by atoms with E-state index < -0.39 is 0 Å². The third-order valence-electron chi connectivity index (χ3n) is 3.24. The number of rotatable bonds is 4. The van der Waals surface area contributed by atoms with E-state index in [-0.39, 0.29) is 10.6 Å². The van der Waals surface area contributed by atoms with Crippen molar-refractivity contribution in [2.75, 3.05) is 5.32 Å². The number of hydrogen-bond donors (Lipinski definition) is 1. The predicted octanol–water partition coefficient (Wildman–Crippen LogP) is 3.76. The van der Waals surface area contributed by atoms with Crippen LogP contribution in [-0.4, -0.2) is 9.91 Å². The van der Waals surface area contributed by atoms with Crippen LogP contribution in [0.25, 0.3) is 10.9 Å². The first-order valence-electron chi connectivity index (χ1n) is 6.55. The average Bonchev–Trinajstić information content (AvgIpc) is 2.53. The molecule has 0 saturated heterocycles. The molecule has 0 aliphatic heterocycles. The Bertz CT molecular complexity index is 797. The summed E-state index contributed by atoms with van der Waals surface area (Å²) in [5.74, 6) is 0. The summed E-state index contributed by atoms with van der Waals surface area (Å²) >= 11 is 0. The monoisotopic (exact) mass is 279 g/mol. The van der Waals surface area contributed by atoms with Crippen LogP contribution in [0.1, 0.15) is 5.56 Å². The fraction of sp³-hybridized carbons (Fsp3) is 0.0625. The zero-order valence-electron chi connectivity index (χ0n) is 11.2. The standard InChI is InChI=1S/C16H13N3O2/c20-19(21)14-7-1-4-12(10-14)11-18-15-8-2-5-13-6-3-9-17-16(13)15/h1-10,18H,11H2. The molecule has 3 rings (SSSR count). The number of nitro benzene ring substituents is 1. The maximum Gasteiger partial charge on any atom is 0.269 e. The Kier molecular flexibility index (Phi) is 3.47. The maximum atomic E-state index is 10.8. The largest absolute Gasteiger partial charge is 0.379 e. The number of nitro groups is 1. The van der Waals surface area contributed by atoms with Crippen molar-refractivity contribution in [1.82, 2.24) is 4.98 Å². The first kappa shape index (κ1) is 13.1. The lowest BCUT2D eigenvalue weighted by atomic mass is 10.1. The molecule has 0 unspecified atom stereocenters. The molecule has 0 saturated carbocycles. The molecule has 0 spiro atoms. The minimum atomic E-state index is -0.386. The summed E-state index contributed by atoms with van der Waals surface area (Å²) in [6.45, 7) is 0.511. The van der Waals surface area contributed by atoms with Crippen molar-refractivity contribution < 1.29 is 4.92 Å². The van der Waals surface area contributed by atoms with E-state index in [4.69, 9.17) is 0 Å². The summed E-state index contributed by atoms with van der Waals surface area (Å²) in [5, 5.41) is 15.1. The predicted molar refractivity (Wildman–Crippen MR) is 82.2 cm³/mol. The summed E-state index contributed by atoms with van der Waals surface area (Å²) in [5.41, 5.74) is 2.77. The van der Waals surface area contributed by atoms with Crippen molar-refractivity contribution >= 4 is 22.3 Å². The van der Waals surface area contributed by atoms with Crippen LogP contribution in [0.15, 0.2) is 60.8 Å². The number of pyridine rings is 1. The van der Waals surface area contributed by atoms with Gasteiger partial charge in [0.25, 0.3) is 5.69 Å². The van der Waals surface area contributed by atoms with E-state index in [0.29, 0.717) is 6.54 Å². The molecular formula is C16H13N3O2. The highest BCUT2D eigenvalue weighted by Gasteiger charge is 2.06. The van der Waals surface area contributed by atoms with Gasteiger partial charge in [-0.05, 0) is 17.7 Å². The van der Waals surface area contributed by atoms with E-state index in [1.807, 2.05) is 36.4 Å². The Balaban J connectivity index is 1.84. The topological polar surface area (TPSA) is 68.1 Å². The first-order chi connectivity index (χ1) is 10.2. The van der Waals surface area contributed by atoms with E-state index >= 15 is 0 Å². The van der Waals surface area contributed by atoms with Gasteiger partial charge >= 0.3 is 0 Å². The van der Waals surface area contributed by atoms with Crippen molar-refractivity contribution in [3.63, 3.8) is 0 Å². The van der Waals surface area contributed by atoms with Crippen molar-refractivity contribution in [1.29, 1.82) is 0 Å². The van der Waals surface area contributed by atoms with Gasteiger partial charge in [-0.1, -0.05) is 30.3 Å². The number of para-hydroxylation sites is 1. The second-order valence-electron chi connectivity index (χ2n) is 4.66. The fourth-order valence-electron chi connectivity index (χ4n) is 2.22. The normalized spacial score (nSPS) is 10.5. The highest BCUT2D eigenvalue weighted by Crippen LogP contribution is 2.22. The van der Waals surface area contributed by atoms with Crippen LogP contribution in [0, 0.1) is 10.1 Å². The van der Waals surface area contributed by atoms with Gasteiger partial charge in [0.15, 0.2) is 0 Å². The Morgan fingerprint density at radius 1 is 1.10 bits per heavy atom. The number of nitrogens with one attached hydrogen (secondary N) is 1. The Morgan fingerprint density at radius 2 is 1.90 bits per heavy atom. The molecule has 5 nitrogen and oxygen atoms in total. The van der Waals surface area contributed by atoms with Gasteiger partial charge in [0.1, 0.15) is 0 Å². The quantitative estimate of drug-likeness (QED) is 0.583. The van der Waals surface area contributed by atoms with E-state index in [1.165, 1.54) is 6.07 Å². The molecule has 3 aromatic rings. The minimum Gasteiger partial charge on any atom is -0.379 e. The molecule has 0 bridgehead atoms. The van der Waals surface area contributed by atoms with Gasteiger partial charge in [-0.3, -0.25) is 15.1 Å². The number of aromatic nitrogens is 1. The van der Waals surface area contributed by atoms with Gasteiger partial charge in [-0.2, -0.15) is 0 Å². The maximum absolute atomic E-state index is 10.8. The number of anilines is 1. The second-order valence-corrected chi connectivity index (χ2v) is 4.66. The third kappa shape index (κ3) is 2.81. The zero-order chi connectivity index (χ0) is 14.7. The van der Waals surface area contributed by atoms with E-state index in [1.54, 1.807) is 18.3 Å². The summed E-state index contributed by atoms with van der Waals surface area (Å²) in [6, 6.07) is 16.4. The van der Waals surface area contributed by atoms with Gasteiger partial charge in [0, 0.05) is 30.3 Å². The van der Waals surface area contributed by atoms with Gasteiger partial charge in [0.05, 0.1) is 16.1 Å². The molecule has 0 aliphatic rings. The van der Waals surface area contributed by atoms with Crippen molar-refractivity contribution in [2.45, 2.75) is 6.54 Å². The molecule has 1 aromatic heterocycles. The first-order valence-corrected chi connectivity index (χ1v) is 6.55.